The van der Waals surface area contributed by atoms with Crippen molar-refractivity contribution in [2.75, 3.05) is 11.9 Å². The average molecular weight is 249 g/mol. The highest BCUT2D eigenvalue weighted by Gasteiger charge is 2.07. The van der Waals surface area contributed by atoms with E-state index in [0.717, 1.165) is 5.56 Å². The lowest BCUT2D eigenvalue weighted by molar-refractivity contribution is -0.120. The molecule has 5 heteroatoms. The summed E-state index contributed by atoms with van der Waals surface area (Å²) >= 11 is 0. The molecule has 0 aromatic heterocycles. The van der Waals surface area contributed by atoms with Gasteiger partial charge in [0, 0.05) is 12.2 Å². The second-order valence-corrected chi connectivity index (χ2v) is 4.11. The van der Waals surface area contributed by atoms with Crippen molar-refractivity contribution in [1.29, 1.82) is 0 Å². The highest BCUT2D eigenvalue weighted by Crippen LogP contribution is 2.10. The molecular weight excluding hydrogens is 230 g/mol. The second-order valence-electron chi connectivity index (χ2n) is 4.11. The van der Waals surface area contributed by atoms with Crippen LogP contribution < -0.4 is 16.4 Å². The summed E-state index contributed by atoms with van der Waals surface area (Å²) in [4.78, 5) is 22.7. The Hall–Kier alpha value is -1.88. The number of nitrogens with one attached hydrogen (secondary N) is 2. The Labute approximate surface area is 107 Å². The molecule has 4 N–H and O–H groups in total. The second kappa shape index (κ2) is 6.76. The minimum Gasteiger partial charge on any atom is -0.356 e. The Balaban J connectivity index is 2.57. The van der Waals surface area contributed by atoms with Gasteiger partial charge in [0.2, 0.25) is 11.8 Å². The zero-order valence-corrected chi connectivity index (χ0v) is 10.7. The number of benzene rings is 1. The number of amides is 2. The van der Waals surface area contributed by atoms with Crippen LogP contribution in [0.2, 0.25) is 0 Å². The maximum atomic E-state index is 11.4. The molecule has 1 aromatic carbocycles. The van der Waals surface area contributed by atoms with Gasteiger partial charge in [0.15, 0.2) is 0 Å². The van der Waals surface area contributed by atoms with Crippen LogP contribution in [-0.4, -0.2) is 24.4 Å². The molecular formula is C13H19N3O2. The zero-order valence-electron chi connectivity index (χ0n) is 10.7. The molecule has 0 spiro atoms. The van der Waals surface area contributed by atoms with Crippen molar-refractivity contribution >= 4 is 17.5 Å². The molecule has 0 heterocycles. The Morgan fingerprint density at radius 1 is 1.28 bits per heavy atom. The predicted octanol–water partition coefficient (Wildman–Crippen LogP) is 0.651. The molecule has 0 radical (unpaired) electrons. The summed E-state index contributed by atoms with van der Waals surface area (Å²) in [6.07, 6.45) is 0.343. The molecule has 0 fully saturated rings. The van der Waals surface area contributed by atoms with Crippen LogP contribution >= 0.6 is 0 Å². The predicted molar refractivity (Wildman–Crippen MR) is 71.1 cm³/mol. The summed E-state index contributed by atoms with van der Waals surface area (Å²) in [5, 5.41) is 5.41. The number of rotatable bonds is 5. The van der Waals surface area contributed by atoms with E-state index in [2.05, 4.69) is 10.6 Å². The van der Waals surface area contributed by atoms with Gasteiger partial charge in [-0.2, -0.15) is 0 Å². The van der Waals surface area contributed by atoms with E-state index in [4.69, 9.17) is 5.73 Å². The van der Waals surface area contributed by atoms with Gasteiger partial charge in [-0.05, 0) is 31.5 Å². The van der Waals surface area contributed by atoms with Gasteiger partial charge in [-0.3, -0.25) is 9.59 Å². The third kappa shape index (κ3) is 4.55. The summed E-state index contributed by atoms with van der Waals surface area (Å²) in [6, 6.07) is 6.60. The maximum Gasteiger partial charge on any atom is 0.240 e. The molecule has 0 aliphatic rings. The fourth-order valence-corrected chi connectivity index (χ4v) is 1.41. The largest absolute Gasteiger partial charge is 0.356 e. The molecule has 0 aliphatic carbocycles. The van der Waals surface area contributed by atoms with Gasteiger partial charge in [-0.25, -0.2) is 0 Å². The molecule has 1 unspecified atom stereocenters. The Morgan fingerprint density at radius 3 is 2.39 bits per heavy atom. The van der Waals surface area contributed by atoms with Crippen LogP contribution in [0.5, 0.6) is 0 Å². The minimum atomic E-state index is -0.542. The van der Waals surface area contributed by atoms with Gasteiger partial charge in [0.05, 0.1) is 12.5 Å². The van der Waals surface area contributed by atoms with E-state index in [1.54, 1.807) is 19.1 Å². The smallest absolute Gasteiger partial charge is 0.240 e. The first kappa shape index (κ1) is 14.2. The van der Waals surface area contributed by atoms with Crippen molar-refractivity contribution in [3.8, 4) is 0 Å². The lowest BCUT2D eigenvalue weighted by atomic mass is 10.1. The molecule has 1 aromatic rings. The van der Waals surface area contributed by atoms with Crippen molar-refractivity contribution in [2.24, 2.45) is 5.73 Å². The van der Waals surface area contributed by atoms with Crippen molar-refractivity contribution in [2.45, 2.75) is 26.3 Å². The van der Waals surface area contributed by atoms with Gasteiger partial charge in [-0.15, -0.1) is 0 Å². The first-order chi connectivity index (χ1) is 8.52. The molecule has 1 rings (SSSR count). The van der Waals surface area contributed by atoms with Crippen LogP contribution in [0.4, 0.5) is 5.69 Å². The third-order valence-electron chi connectivity index (χ3n) is 2.37. The molecule has 0 saturated heterocycles. The highest BCUT2D eigenvalue weighted by atomic mass is 16.2. The van der Waals surface area contributed by atoms with E-state index >= 15 is 0 Å². The number of carbonyl (C=O) groups is 2. The third-order valence-corrected chi connectivity index (χ3v) is 2.37. The molecule has 5 nitrogen and oxygen atoms in total. The van der Waals surface area contributed by atoms with Gasteiger partial charge in [-0.1, -0.05) is 12.1 Å². The van der Waals surface area contributed by atoms with Gasteiger partial charge < -0.3 is 16.4 Å². The molecule has 2 amide bonds. The van der Waals surface area contributed by atoms with E-state index in [1.165, 1.54) is 0 Å². The number of hydrogen-bond acceptors (Lipinski definition) is 3. The summed E-state index contributed by atoms with van der Waals surface area (Å²) in [7, 11) is 0. The lowest BCUT2D eigenvalue weighted by Gasteiger charge is -2.08. The number of hydrogen-bond donors (Lipinski definition) is 3. The Morgan fingerprint density at radius 2 is 1.89 bits per heavy atom. The highest BCUT2D eigenvalue weighted by molar-refractivity contribution is 5.94. The quantitative estimate of drug-likeness (QED) is 0.716. The van der Waals surface area contributed by atoms with Gasteiger partial charge >= 0.3 is 0 Å². The number of likely N-dealkylation sites (N-methyl/N-ethyl adjacent to an activating group) is 1. The van der Waals surface area contributed by atoms with E-state index < -0.39 is 6.04 Å². The number of nitrogens with two attached hydrogens (primary N) is 1. The van der Waals surface area contributed by atoms with Gasteiger partial charge in [0.25, 0.3) is 0 Å². The SMILES string of the molecule is CCNC(=O)Cc1ccc(NC(=O)C(C)N)cc1. The lowest BCUT2D eigenvalue weighted by Crippen LogP contribution is -2.32. The van der Waals surface area contributed by atoms with Crippen LogP contribution in [0.25, 0.3) is 0 Å². The Kier molecular flexibility index (Phi) is 5.32. The van der Waals surface area contributed by atoms with Crippen LogP contribution in [-0.2, 0) is 16.0 Å². The first-order valence-electron chi connectivity index (χ1n) is 5.95. The summed E-state index contributed by atoms with van der Waals surface area (Å²) in [5.41, 5.74) is 7.03. The molecule has 18 heavy (non-hydrogen) atoms. The van der Waals surface area contributed by atoms with Crippen LogP contribution in [0.1, 0.15) is 19.4 Å². The van der Waals surface area contributed by atoms with Crippen LogP contribution in [0, 0.1) is 0 Å². The van der Waals surface area contributed by atoms with Crippen molar-refractivity contribution in [3.05, 3.63) is 29.8 Å². The molecule has 0 aliphatic heterocycles. The summed E-state index contributed by atoms with van der Waals surface area (Å²) < 4.78 is 0. The summed E-state index contributed by atoms with van der Waals surface area (Å²) in [6.45, 7) is 4.13. The fourth-order valence-electron chi connectivity index (χ4n) is 1.41. The molecule has 1 atom stereocenters. The minimum absolute atomic E-state index is 0.00938. The average Bonchev–Trinajstić information content (AvgIpc) is 2.31. The van der Waals surface area contributed by atoms with Crippen molar-refractivity contribution in [1.82, 2.24) is 5.32 Å². The number of anilines is 1. The van der Waals surface area contributed by atoms with Crippen LogP contribution in [0.15, 0.2) is 24.3 Å². The maximum absolute atomic E-state index is 11.4. The standard InChI is InChI=1S/C13H19N3O2/c1-3-15-12(17)8-10-4-6-11(7-5-10)16-13(18)9(2)14/h4-7,9H,3,8,14H2,1-2H3,(H,15,17)(H,16,18). The van der Waals surface area contributed by atoms with Gasteiger partial charge in [0.1, 0.15) is 0 Å². The first-order valence-corrected chi connectivity index (χ1v) is 5.95. The Bertz CT molecular complexity index is 413. The van der Waals surface area contributed by atoms with E-state index in [0.29, 0.717) is 18.7 Å². The van der Waals surface area contributed by atoms with Crippen LogP contribution in [0.3, 0.4) is 0 Å². The zero-order chi connectivity index (χ0) is 13.5. The molecule has 98 valence electrons. The fraction of sp³-hybridized carbons (Fsp3) is 0.385. The number of carbonyl (C=O) groups excluding carboxylic acids is 2. The molecule has 0 saturated carbocycles. The van der Waals surface area contributed by atoms with E-state index in [1.807, 2.05) is 19.1 Å². The van der Waals surface area contributed by atoms with E-state index in [-0.39, 0.29) is 11.8 Å². The summed E-state index contributed by atoms with van der Waals surface area (Å²) in [5.74, 6) is -0.239. The topological polar surface area (TPSA) is 84.2 Å². The molecule has 0 bridgehead atoms. The van der Waals surface area contributed by atoms with Crippen molar-refractivity contribution < 1.29 is 9.59 Å². The van der Waals surface area contributed by atoms with Crippen molar-refractivity contribution in [3.63, 3.8) is 0 Å². The monoisotopic (exact) mass is 249 g/mol. The normalized spacial score (nSPS) is 11.7. The van der Waals surface area contributed by atoms with E-state index in [9.17, 15) is 9.59 Å².